The summed E-state index contributed by atoms with van der Waals surface area (Å²) >= 11 is 0. The van der Waals surface area contributed by atoms with Crippen molar-refractivity contribution in [3.05, 3.63) is 107 Å². The maximum Gasteiger partial charge on any atom is 0.363 e. The van der Waals surface area contributed by atoms with Crippen LogP contribution in [-0.4, -0.2) is 55.2 Å². The van der Waals surface area contributed by atoms with Crippen molar-refractivity contribution in [2.45, 2.75) is 64.2 Å². The summed E-state index contributed by atoms with van der Waals surface area (Å²) in [4.78, 5) is 43.8. The Kier molecular flexibility index (Phi) is 10.6. The van der Waals surface area contributed by atoms with Crippen molar-refractivity contribution in [3.63, 3.8) is 0 Å². The number of fused-ring (bicyclic) bond motifs is 1. The Morgan fingerprint density at radius 3 is 2.43 bits per heavy atom. The van der Waals surface area contributed by atoms with Crippen LogP contribution in [-0.2, 0) is 35.4 Å². The number of hydrogen-bond acceptors (Lipinski definition) is 8. The lowest BCUT2D eigenvalue weighted by Crippen LogP contribution is -2.32. The van der Waals surface area contributed by atoms with Crippen LogP contribution < -0.4 is 10.2 Å². The molecule has 2 aromatic rings. The number of carbonyl (C=O) groups excluding carboxylic acids is 3. The van der Waals surface area contributed by atoms with Gasteiger partial charge in [-0.15, -0.1) is 5.06 Å². The zero-order valence-corrected chi connectivity index (χ0v) is 28.4. The van der Waals surface area contributed by atoms with Crippen molar-refractivity contribution in [3.8, 4) is 0 Å². The molecule has 0 atom stereocenters. The number of amides is 2. The minimum Gasteiger partial charge on any atom is -0.385 e. The molecule has 10 nitrogen and oxygen atoms in total. The summed E-state index contributed by atoms with van der Waals surface area (Å²) in [6, 6.07) is 13.2. The Bertz CT molecular complexity index is 1750. The van der Waals surface area contributed by atoms with Gasteiger partial charge in [0.25, 0.3) is 21.9 Å². The largest absolute Gasteiger partial charge is 0.385 e. The Hall–Kier alpha value is -4.48. The Morgan fingerprint density at radius 1 is 1.06 bits per heavy atom. The van der Waals surface area contributed by atoms with Crippen LogP contribution in [0.4, 0.5) is 11.4 Å². The van der Waals surface area contributed by atoms with E-state index < -0.39 is 38.7 Å². The first-order valence-electron chi connectivity index (χ1n) is 15.5. The van der Waals surface area contributed by atoms with Crippen LogP contribution in [0.25, 0.3) is 0 Å². The van der Waals surface area contributed by atoms with Gasteiger partial charge in [-0.05, 0) is 59.9 Å². The summed E-state index contributed by atoms with van der Waals surface area (Å²) in [5, 5.41) is 3.95. The number of para-hydroxylation sites is 1. The number of allylic oxidation sites excluding steroid dienone is 7. The molecule has 0 aromatic heterocycles. The van der Waals surface area contributed by atoms with Crippen molar-refractivity contribution in [2.75, 3.05) is 29.6 Å². The van der Waals surface area contributed by atoms with E-state index in [1.165, 1.54) is 0 Å². The van der Waals surface area contributed by atoms with Gasteiger partial charge in [-0.2, -0.15) is 8.42 Å². The molecule has 2 amide bonds. The summed E-state index contributed by atoms with van der Waals surface area (Å²) in [5.74, 6) is -2.05. The van der Waals surface area contributed by atoms with Gasteiger partial charge in [0.15, 0.2) is 0 Å². The van der Waals surface area contributed by atoms with Gasteiger partial charge in [0.1, 0.15) is 0 Å². The van der Waals surface area contributed by atoms with Gasteiger partial charge in [0.2, 0.25) is 0 Å². The van der Waals surface area contributed by atoms with E-state index in [9.17, 15) is 22.8 Å². The molecule has 2 heterocycles. The number of hydrogen-bond donors (Lipinski definition) is 2. The standard InChI is InChI=1S/C36H43N3O7S/c1-25(35(2,3)27-15-10-11-16-29(27)37-22-12-13-23-47(43,44)45)14-8-7-9-17-31-36(4,5)28-24-26(18-19-30(28)38(31)6)34(42)46-39-32(40)20-21-33(39)41/h7-11,14-19,24,37H,1,12-13,20-23H2,2-6H3,(H,43,44,45)/b9-7+,14-8+,31-17-. The second kappa shape index (κ2) is 14.1. The van der Waals surface area contributed by atoms with Gasteiger partial charge in [-0.25, -0.2) is 4.79 Å². The Balaban J connectivity index is 1.41. The first-order valence-corrected chi connectivity index (χ1v) is 17.1. The molecule has 2 N–H and O–H groups in total. The lowest BCUT2D eigenvalue weighted by atomic mass is 9.77. The van der Waals surface area contributed by atoms with Gasteiger partial charge in [0.05, 0.1) is 11.3 Å². The molecule has 0 unspecified atom stereocenters. The van der Waals surface area contributed by atoms with Crippen molar-refractivity contribution >= 4 is 39.3 Å². The second-order valence-corrected chi connectivity index (χ2v) is 14.4. The molecule has 2 aliphatic heterocycles. The lowest BCUT2D eigenvalue weighted by Gasteiger charge is -2.29. The zero-order chi connectivity index (χ0) is 34.6. The molecule has 0 saturated carbocycles. The fourth-order valence-corrected chi connectivity index (χ4v) is 6.40. The van der Waals surface area contributed by atoms with Gasteiger partial charge < -0.3 is 15.1 Å². The first-order chi connectivity index (χ1) is 22.0. The van der Waals surface area contributed by atoms with E-state index in [2.05, 4.69) is 44.5 Å². The highest BCUT2D eigenvalue weighted by molar-refractivity contribution is 7.85. The van der Waals surface area contributed by atoms with Crippen LogP contribution in [0.2, 0.25) is 0 Å². The van der Waals surface area contributed by atoms with Crippen LogP contribution in [0.1, 0.15) is 74.9 Å². The maximum atomic E-state index is 12.8. The van der Waals surface area contributed by atoms with Crippen molar-refractivity contribution in [1.82, 2.24) is 5.06 Å². The highest BCUT2D eigenvalue weighted by atomic mass is 32.2. The highest BCUT2D eigenvalue weighted by Gasteiger charge is 2.39. The molecule has 2 aromatic carbocycles. The van der Waals surface area contributed by atoms with Crippen LogP contribution in [0.5, 0.6) is 0 Å². The average molecular weight is 662 g/mol. The fraction of sp³-hybridized carbons (Fsp3) is 0.361. The molecule has 1 saturated heterocycles. The molecule has 11 heteroatoms. The highest BCUT2D eigenvalue weighted by Crippen LogP contribution is 2.47. The number of nitrogens with one attached hydrogen (secondary N) is 1. The number of rotatable bonds is 13. The molecule has 0 radical (unpaired) electrons. The molecular formula is C36H43N3O7S. The van der Waals surface area contributed by atoms with Crippen molar-refractivity contribution in [2.24, 2.45) is 0 Å². The summed E-state index contributed by atoms with van der Waals surface area (Å²) in [5.41, 5.74) is 5.20. The smallest absolute Gasteiger partial charge is 0.363 e. The van der Waals surface area contributed by atoms with E-state index in [4.69, 9.17) is 9.39 Å². The van der Waals surface area contributed by atoms with Crippen LogP contribution in [0, 0.1) is 0 Å². The fourth-order valence-electron chi connectivity index (χ4n) is 5.84. The molecule has 2 aliphatic rings. The third kappa shape index (κ3) is 8.09. The van der Waals surface area contributed by atoms with E-state index >= 15 is 0 Å². The van der Waals surface area contributed by atoms with Gasteiger partial charge in [0, 0.05) is 54.3 Å². The number of likely N-dealkylation sites (N-methyl/N-ethyl adjacent to an activating group) is 1. The third-order valence-corrected chi connectivity index (χ3v) is 9.57. The quantitative estimate of drug-likeness (QED) is 0.111. The van der Waals surface area contributed by atoms with E-state index in [1.807, 2.05) is 67.8 Å². The topological polar surface area (TPSA) is 133 Å². The minimum absolute atomic E-state index is 0.0358. The van der Waals surface area contributed by atoms with Crippen LogP contribution >= 0.6 is 0 Å². The Morgan fingerprint density at radius 2 is 1.74 bits per heavy atom. The maximum absolute atomic E-state index is 12.8. The number of imide groups is 1. The molecule has 0 spiro atoms. The molecule has 4 rings (SSSR count). The summed E-state index contributed by atoms with van der Waals surface area (Å²) in [6.07, 6.45) is 10.9. The number of anilines is 2. The third-order valence-electron chi connectivity index (χ3n) is 8.77. The number of hydroxylamine groups is 2. The summed E-state index contributed by atoms with van der Waals surface area (Å²) in [6.45, 7) is 13.2. The monoisotopic (exact) mass is 661 g/mol. The molecule has 0 bridgehead atoms. The second-order valence-electron chi connectivity index (χ2n) is 12.8. The summed E-state index contributed by atoms with van der Waals surface area (Å²) < 4.78 is 30.9. The number of unbranched alkanes of at least 4 members (excludes halogenated alkanes) is 1. The lowest BCUT2D eigenvalue weighted by molar-refractivity contribution is -0.172. The summed E-state index contributed by atoms with van der Waals surface area (Å²) in [7, 11) is -1.99. The zero-order valence-electron chi connectivity index (χ0n) is 27.6. The molecule has 47 heavy (non-hydrogen) atoms. The molecular weight excluding hydrogens is 618 g/mol. The van der Waals surface area contributed by atoms with Gasteiger partial charge in [-0.3, -0.25) is 14.1 Å². The minimum atomic E-state index is -3.95. The SMILES string of the molecule is C=C(/C=C/C=C/C=C1\N(C)c2ccc(C(=O)ON3C(=O)CCC3=O)cc2C1(C)C)C(C)(C)c1ccccc1NCCCCS(=O)(=O)O. The number of nitrogens with zero attached hydrogens (tertiary/aromatic N) is 2. The predicted octanol–water partition coefficient (Wildman–Crippen LogP) is 6.25. The average Bonchev–Trinajstić information content (AvgIpc) is 3.42. The first kappa shape index (κ1) is 35.4. The Labute approximate surface area is 277 Å². The normalized spacial score (nSPS) is 17.3. The molecule has 0 aliphatic carbocycles. The van der Waals surface area contributed by atoms with E-state index in [-0.39, 0.29) is 24.2 Å². The van der Waals surface area contributed by atoms with Crippen LogP contribution in [0.15, 0.2) is 90.7 Å². The number of carbonyl (C=O) groups is 3. The van der Waals surface area contributed by atoms with E-state index in [0.717, 1.165) is 33.8 Å². The van der Waals surface area contributed by atoms with Crippen molar-refractivity contribution in [1.29, 1.82) is 0 Å². The van der Waals surface area contributed by atoms with E-state index in [1.54, 1.807) is 12.1 Å². The van der Waals surface area contributed by atoms with Gasteiger partial charge in [-0.1, -0.05) is 76.8 Å². The van der Waals surface area contributed by atoms with Crippen LogP contribution in [0.3, 0.4) is 0 Å². The molecule has 1 fully saturated rings. The predicted molar refractivity (Wildman–Crippen MR) is 183 cm³/mol. The van der Waals surface area contributed by atoms with Crippen molar-refractivity contribution < 1.29 is 32.2 Å². The molecule has 250 valence electrons. The van der Waals surface area contributed by atoms with E-state index in [0.29, 0.717) is 24.4 Å². The number of benzene rings is 2. The van der Waals surface area contributed by atoms with Gasteiger partial charge >= 0.3 is 5.97 Å².